The minimum Gasteiger partial charge on any atom is -0.388 e. The molecular formula is C19H22N2O4. The van der Waals surface area contributed by atoms with Gasteiger partial charge < -0.3 is 10.4 Å². The molecule has 0 spiro atoms. The number of allylic oxidation sites excluding steroid dienone is 2. The maximum Gasteiger partial charge on any atom is 0.268 e. The van der Waals surface area contributed by atoms with E-state index in [1.54, 1.807) is 24.3 Å². The third kappa shape index (κ3) is 5.75. The second-order valence-corrected chi connectivity index (χ2v) is 6.58. The average Bonchev–Trinajstić information content (AvgIpc) is 3.39. The van der Waals surface area contributed by atoms with Gasteiger partial charge in [-0.05, 0) is 62.9 Å². The Kier molecular flexibility index (Phi) is 5.97. The van der Waals surface area contributed by atoms with Crippen LogP contribution in [-0.4, -0.2) is 33.8 Å². The van der Waals surface area contributed by atoms with Gasteiger partial charge in [-0.3, -0.25) is 14.8 Å². The molecule has 0 radical (unpaired) electrons. The molecule has 1 aliphatic rings. The van der Waals surface area contributed by atoms with Gasteiger partial charge in [0.25, 0.3) is 11.8 Å². The zero-order chi connectivity index (χ0) is 18.4. The zero-order valence-corrected chi connectivity index (χ0v) is 14.2. The molecule has 0 bridgehead atoms. The normalized spacial score (nSPS) is 15.2. The highest BCUT2D eigenvalue weighted by Crippen LogP contribution is 2.29. The van der Waals surface area contributed by atoms with E-state index in [0.717, 1.165) is 5.56 Å². The SMILES string of the molecule is CC(C)(O)[C@H](NC(=O)c1ccc(C#C/C=C/C2CC2)cc1)C(=O)NO. The first-order valence-corrected chi connectivity index (χ1v) is 8.06. The molecule has 1 aromatic rings. The van der Waals surface area contributed by atoms with Crippen molar-refractivity contribution in [3.05, 3.63) is 47.5 Å². The summed E-state index contributed by atoms with van der Waals surface area (Å²) < 4.78 is 0. The molecule has 0 unspecified atom stereocenters. The number of hydrogen-bond donors (Lipinski definition) is 4. The van der Waals surface area contributed by atoms with E-state index in [1.165, 1.54) is 32.2 Å². The highest BCUT2D eigenvalue weighted by atomic mass is 16.5. The Morgan fingerprint density at radius 1 is 1.28 bits per heavy atom. The average molecular weight is 342 g/mol. The van der Waals surface area contributed by atoms with Gasteiger partial charge in [-0.25, -0.2) is 5.48 Å². The van der Waals surface area contributed by atoms with Crippen LogP contribution in [0, 0.1) is 17.8 Å². The Morgan fingerprint density at radius 3 is 2.44 bits per heavy atom. The predicted octanol–water partition coefficient (Wildman–Crippen LogP) is 1.38. The van der Waals surface area contributed by atoms with Crippen LogP contribution in [0.1, 0.15) is 42.6 Å². The zero-order valence-electron chi connectivity index (χ0n) is 14.2. The van der Waals surface area contributed by atoms with Gasteiger partial charge in [-0.1, -0.05) is 17.9 Å². The summed E-state index contributed by atoms with van der Waals surface area (Å²) in [6.45, 7) is 2.72. The standard InChI is InChI=1S/C19H22N2O4/c1-19(2,24)16(18(23)21-25)20-17(22)15-11-9-14(10-12-15)6-4-3-5-13-7-8-13/h3,5,9-13,16,24-25H,7-8H2,1-2H3,(H,20,22)(H,21,23)/b5-3+/t16-/m1/s1. The van der Waals surface area contributed by atoms with Crippen molar-refractivity contribution in [3.8, 4) is 11.8 Å². The van der Waals surface area contributed by atoms with Crippen molar-refractivity contribution in [2.45, 2.75) is 38.3 Å². The predicted molar refractivity (Wildman–Crippen MR) is 92.7 cm³/mol. The maximum absolute atomic E-state index is 12.2. The summed E-state index contributed by atoms with van der Waals surface area (Å²) in [6, 6.07) is 5.29. The lowest BCUT2D eigenvalue weighted by molar-refractivity contribution is -0.136. The van der Waals surface area contributed by atoms with E-state index in [4.69, 9.17) is 5.21 Å². The lowest BCUT2D eigenvalue weighted by Gasteiger charge is -2.28. The van der Waals surface area contributed by atoms with Crippen LogP contribution >= 0.6 is 0 Å². The number of carbonyl (C=O) groups is 2. The molecule has 1 fully saturated rings. The Labute approximate surface area is 146 Å². The smallest absolute Gasteiger partial charge is 0.268 e. The van der Waals surface area contributed by atoms with Crippen LogP contribution in [0.25, 0.3) is 0 Å². The second-order valence-electron chi connectivity index (χ2n) is 6.58. The van der Waals surface area contributed by atoms with Crippen molar-refractivity contribution < 1.29 is 19.9 Å². The van der Waals surface area contributed by atoms with Gasteiger partial charge in [0.15, 0.2) is 0 Å². The third-order valence-electron chi connectivity index (χ3n) is 3.79. The van der Waals surface area contributed by atoms with Crippen LogP contribution in [0.15, 0.2) is 36.4 Å². The molecule has 4 N–H and O–H groups in total. The fraction of sp³-hybridized carbons (Fsp3) is 0.368. The molecular weight excluding hydrogens is 320 g/mol. The Bertz CT molecular complexity index is 717. The van der Waals surface area contributed by atoms with Crippen LogP contribution in [-0.2, 0) is 4.79 Å². The number of aliphatic hydroxyl groups is 1. The quantitative estimate of drug-likeness (QED) is 0.369. The molecule has 6 heteroatoms. The highest BCUT2D eigenvalue weighted by Gasteiger charge is 2.34. The van der Waals surface area contributed by atoms with E-state index < -0.39 is 23.5 Å². The van der Waals surface area contributed by atoms with Gasteiger partial charge in [0, 0.05) is 11.1 Å². The first-order valence-electron chi connectivity index (χ1n) is 8.06. The molecule has 132 valence electrons. The second kappa shape index (κ2) is 7.97. The van der Waals surface area contributed by atoms with E-state index in [2.05, 4.69) is 23.2 Å². The van der Waals surface area contributed by atoms with Gasteiger partial charge >= 0.3 is 0 Å². The number of amides is 2. The summed E-state index contributed by atoms with van der Waals surface area (Å²) in [7, 11) is 0. The van der Waals surface area contributed by atoms with Crippen LogP contribution < -0.4 is 10.8 Å². The summed E-state index contributed by atoms with van der Waals surface area (Å²) in [5.74, 6) is 5.18. The Morgan fingerprint density at radius 2 is 1.92 bits per heavy atom. The third-order valence-corrected chi connectivity index (χ3v) is 3.79. The number of hydrogen-bond acceptors (Lipinski definition) is 4. The van der Waals surface area contributed by atoms with Crippen molar-refractivity contribution in [1.29, 1.82) is 0 Å². The van der Waals surface area contributed by atoms with Crippen molar-refractivity contribution in [3.63, 3.8) is 0 Å². The van der Waals surface area contributed by atoms with Crippen LogP contribution in [0.3, 0.4) is 0 Å². The van der Waals surface area contributed by atoms with Crippen LogP contribution in [0.2, 0.25) is 0 Å². The number of rotatable bonds is 5. The van der Waals surface area contributed by atoms with E-state index in [0.29, 0.717) is 11.5 Å². The fourth-order valence-electron chi connectivity index (χ4n) is 2.14. The summed E-state index contributed by atoms with van der Waals surface area (Å²) in [4.78, 5) is 23.9. The summed E-state index contributed by atoms with van der Waals surface area (Å²) in [6.07, 6.45) is 6.42. The van der Waals surface area contributed by atoms with Crippen LogP contribution in [0.5, 0.6) is 0 Å². The van der Waals surface area contributed by atoms with E-state index in [-0.39, 0.29) is 0 Å². The van der Waals surface area contributed by atoms with Crippen molar-refractivity contribution >= 4 is 11.8 Å². The molecule has 0 heterocycles. The van der Waals surface area contributed by atoms with Crippen molar-refractivity contribution in [2.24, 2.45) is 5.92 Å². The fourth-order valence-corrected chi connectivity index (χ4v) is 2.14. The van der Waals surface area contributed by atoms with Crippen LogP contribution in [0.4, 0.5) is 0 Å². The number of hydroxylamine groups is 1. The number of benzene rings is 1. The molecule has 1 aromatic carbocycles. The van der Waals surface area contributed by atoms with Gasteiger partial charge in [0.1, 0.15) is 6.04 Å². The molecule has 25 heavy (non-hydrogen) atoms. The van der Waals surface area contributed by atoms with Crippen molar-refractivity contribution in [1.82, 2.24) is 10.8 Å². The van der Waals surface area contributed by atoms with E-state index in [9.17, 15) is 14.7 Å². The first-order chi connectivity index (χ1) is 11.8. The minimum absolute atomic E-state index is 0.319. The van der Waals surface area contributed by atoms with Crippen molar-refractivity contribution in [2.75, 3.05) is 0 Å². The molecule has 1 saturated carbocycles. The van der Waals surface area contributed by atoms with Gasteiger partial charge in [0.05, 0.1) is 5.60 Å². The molecule has 0 aromatic heterocycles. The first kappa shape index (κ1) is 18.7. The van der Waals surface area contributed by atoms with Gasteiger partial charge in [-0.15, -0.1) is 0 Å². The summed E-state index contributed by atoms with van der Waals surface area (Å²) in [5, 5.41) is 21.1. The highest BCUT2D eigenvalue weighted by molar-refractivity contribution is 5.97. The molecule has 6 nitrogen and oxygen atoms in total. The number of carbonyl (C=O) groups excluding carboxylic acids is 2. The molecule has 2 amide bonds. The lowest BCUT2D eigenvalue weighted by atomic mass is 9.97. The topological polar surface area (TPSA) is 98.7 Å². The molecule has 2 rings (SSSR count). The van der Waals surface area contributed by atoms with E-state index >= 15 is 0 Å². The molecule has 0 aliphatic heterocycles. The molecule has 0 saturated heterocycles. The Balaban J connectivity index is 2.02. The van der Waals surface area contributed by atoms with Gasteiger partial charge in [0.2, 0.25) is 0 Å². The monoisotopic (exact) mass is 342 g/mol. The number of nitrogens with one attached hydrogen (secondary N) is 2. The maximum atomic E-state index is 12.2. The molecule has 1 atom stereocenters. The van der Waals surface area contributed by atoms with Gasteiger partial charge in [-0.2, -0.15) is 0 Å². The summed E-state index contributed by atoms with van der Waals surface area (Å²) >= 11 is 0. The largest absolute Gasteiger partial charge is 0.388 e. The Hall–Kier alpha value is -2.62. The summed E-state index contributed by atoms with van der Waals surface area (Å²) in [5.41, 5.74) is 0.987. The lowest BCUT2D eigenvalue weighted by Crippen LogP contribution is -2.57. The molecule has 1 aliphatic carbocycles. The van der Waals surface area contributed by atoms with E-state index in [1.807, 2.05) is 6.08 Å². The minimum atomic E-state index is -1.54.